The summed E-state index contributed by atoms with van der Waals surface area (Å²) in [5, 5.41) is 3.17. The SMILES string of the molecule is O=C(NCc1ccccc1)NNC(=O)c1cccn(Cc2cccc(Cl)c2)c1=O. The average molecular weight is 411 g/mol. The van der Waals surface area contributed by atoms with Crippen LogP contribution in [0.4, 0.5) is 4.79 Å². The van der Waals surface area contributed by atoms with Crippen LogP contribution in [0, 0.1) is 0 Å². The predicted molar refractivity (Wildman–Crippen MR) is 111 cm³/mol. The highest BCUT2D eigenvalue weighted by molar-refractivity contribution is 6.30. The van der Waals surface area contributed by atoms with Crippen molar-refractivity contribution in [2.45, 2.75) is 13.1 Å². The Balaban J connectivity index is 1.59. The van der Waals surface area contributed by atoms with E-state index in [1.165, 1.54) is 10.6 Å². The quantitative estimate of drug-likeness (QED) is 0.565. The Morgan fingerprint density at radius 3 is 2.41 bits per heavy atom. The van der Waals surface area contributed by atoms with Crippen LogP contribution in [0.25, 0.3) is 0 Å². The summed E-state index contributed by atoms with van der Waals surface area (Å²) in [6, 6.07) is 18.9. The first-order valence-corrected chi connectivity index (χ1v) is 9.23. The van der Waals surface area contributed by atoms with Crippen LogP contribution in [0.15, 0.2) is 77.7 Å². The summed E-state index contributed by atoms with van der Waals surface area (Å²) in [7, 11) is 0. The van der Waals surface area contributed by atoms with E-state index in [1.807, 2.05) is 36.4 Å². The lowest BCUT2D eigenvalue weighted by Gasteiger charge is -2.11. The molecule has 3 rings (SSSR count). The number of rotatable bonds is 5. The van der Waals surface area contributed by atoms with E-state index in [9.17, 15) is 14.4 Å². The second kappa shape index (κ2) is 9.57. The number of benzene rings is 2. The van der Waals surface area contributed by atoms with E-state index in [1.54, 1.807) is 30.5 Å². The highest BCUT2D eigenvalue weighted by atomic mass is 35.5. The molecular formula is C21H19ClN4O3. The molecule has 1 heterocycles. The van der Waals surface area contributed by atoms with Crippen LogP contribution < -0.4 is 21.7 Å². The number of hydrazine groups is 1. The van der Waals surface area contributed by atoms with Gasteiger partial charge in [-0.05, 0) is 35.4 Å². The Hall–Kier alpha value is -3.58. The van der Waals surface area contributed by atoms with E-state index in [0.29, 0.717) is 11.6 Å². The molecular weight excluding hydrogens is 392 g/mol. The number of amides is 3. The van der Waals surface area contributed by atoms with Crippen LogP contribution in [-0.4, -0.2) is 16.5 Å². The largest absolute Gasteiger partial charge is 0.333 e. The molecule has 0 saturated carbocycles. The van der Waals surface area contributed by atoms with Crippen molar-refractivity contribution in [3.8, 4) is 0 Å². The zero-order valence-corrected chi connectivity index (χ0v) is 16.1. The third-order valence-electron chi connectivity index (χ3n) is 4.09. The van der Waals surface area contributed by atoms with Gasteiger partial charge >= 0.3 is 6.03 Å². The molecule has 3 amide bonds. The minimum atomic E-state index is -0.703. The summed E-state index contributed by atoms with van der Waals surface area (Å²) >= 11 is 5.97. The van der Waals surface area contributed by atoms with Crippen molar-refractivity contribution in [2.24, 2.45) is 0 Å². The van der Waals surface area contributed by atoms with E-state index < -0.39 is 17.5 Å². The maximum Gasteiger partial charge on any atom is 0.333 e. The number of nitrogens with one attached hydrogen (secondary N) is 3. The molecule has 0 aliphatic rings. The van der Waals surface area contributed by atoms with Crippen LogP contribution in [-0.2, 0) is 13.1 Å². The van der Waals surface area contributed by atoms with Crippen LogP contribution in [0.3, 0.4) is 0 Å². The van der Waals surface area contributed by atoms with E-state index >= 15 is 0 Å². The van der Waals surface area contributed by atoms with Gasteiger partial charge < -0.3 is 9.88 Å². The minimum absolute atomic E-state index is 0.0853. The fraction of sp³-hybridized carbons (Fsp3) is 0.0952. The summed E-state index contributed by atoms with van der Waals surface area (Å²) in [5.41, 5.74) is 5.67. The Morgan fingerprint density at radius 1 is 0.897 bits per heavy atom. The van der Waals surface area contributed by atoms with Crippen LogP contribution >= 0.6 is 11.6 Å². The molecule has 0 unspecified atom stereocenters. The molecule has 3 aromatic rings. The zero-order valence-electron chi connectivity index (χ0n) is 15.4. The fourth-order valence-corrected chi connectivity index (χ4v) is 2.88. The molecule has 0 atom stereocenters. The molecule has 8 heteroatoms. The first kappa shape index (κ1) is 20.2. The van der Waals surface area contributed by atoms with Gasteiger partial charge in [0.2, 0.25) is 0 Å². The lowest BCUT2D eigenvalue weighted by molar-refractivity contribution is 0.0934. The van der Waals surface area contributed by atoms with Gasteiger partial charge in [0.25, 0.3) is 11.5 Å². The normalized spacial score (nSPS) is 10.2. The smallest absolute Gasteiger partial charge is 0.333 e. The zero-order chi connectivity index (χ0) is 20.6. The van der Waals surface area contributed by atoms with Gasteiger partial charge in [0, 0.05) is 17.8 Å². The van der Waals surface area contributed by atoms with Crippen molar-refractivity contribution in [2.75, 3.05) is 0 Å². The molecule has 0 spiro atoms. The first-order chi connectivity index (χ1) is 14.0. The first-order valence-electron chi connectivity index (χ1n) is 8.85. The summed E-state index contributed by atoms with van der Waals surface area (Å²) in [6.45, 7) is 0.575. The van der Waals surface area contributed by atoms with Crippen molar-refractivity contribution in [3.63, 3.8) is 0 Å². The number of carbonyl (C=O) groups is 2. The number of carbonyl (C=O) groups excluding carboxylic acids is 2. The number of aromatic nitrogens is 1. The number of halogens is 1. The number of hydrogen-bond donors (Lipinski definition) is 3. The number of nitrogens with zero attached hydrogens (tertiary/aromatic N) is 1. The van der Waals surface area contributed by atoms with Gasteiger partial charge in [-0.1, -0.05) is 54.1 Å². The van der Waals surface area contributed by atoms with Gasteiger partial charge in [0.15, 0.2) is 0 Å². The van der Waals surface area contributed by atoms with E-state index in [0.717, 1.165) is 11.1 Å². The number of pyridine rings is 1. The van der Waals surface area contributed by atoms with Crippen molar-refractivity contribution in [1.82, 2.24) is 20.7 Å². The molecule has 0 bridgehead atoms. The van der Waals surface area contributed by atoms with E-state index in [-0.39, 0.29) is 12.1 Å². The maximum absolute atomic E-state index is 12.6. The average Bonchev–Trinajstić information content (AvgIpc) is 2.73. The standard InChI is InChI=1S/C21H19ClN4O3/c22-17-9-4-8-16(12-17)14-26-11-5-10-18(20(26)28)19(27)24-25-21(29)23-13-15-6-2-1-3-7-15/h1-12H,13-14H2,(H,24,27)(H2,23,25,29). The van der Waals surface area contributed by atoms with Crippen molar-refractivity contribution in [1.29, 1.82) is 0 Å². The molecule has 0 aliphatic carbocycles. The van der Waals surface area contributed by atoms with E-state index in [4.69, 9.17) is 11.6 Å². The van der Waals surface area contributed by atoms with Crippen LogP contribution in [0.2, 0.25) is 5.02 Å². The molecule has 7 nitrogen and oxygen atoms in total. The molecule has 29 heavy (non-hydrogen) atoms. The highest BCUT2D eigenvalue weighted by Gasteiger charge is 2.13. The number of urea groups is 1. The van der Waals surface area contributed by atoms with Crippen LogP contribution in [0.5, 0.6) is 0 Å². The molecule has 3 N–H and O–H groups in total. The predicted octanol–water partition coefficient (Wildman–Crippen LogP) is 2.69. The Morgan fingerprint density at radius 2 is 1.66 bits per heavy atom. The van der Waals surface area contributed by atoms with Crippen molar-refractivity contribution < 1.29 is 9.59 Å². The lowest BCUT2D eigenvalue weighted by Crippen LogP contribution is -2.48. The maximum atomic E-state index is 12.6. The van der Waals surface area contributed by atoms with Gasteiger partial charge in [0.05, 0.1) is 6.54 Å². The summed E-state index contributed by atoms with van der Waals surface area (Å²) < 4.78 is 1.40. The van der Waals surface area contributed by atoms with Crippen LogP contribution in [0.1, 0.15) is 21.5 Å². The second-order valence-electron chi connectivity index (χ2n) is 6.23. The molecule has 1 aromatic heterocycles. The monoisotopic (exact) mass is 410 g/mol. The molecule has 0 saturated heterocycles. The fourth-order valence-electron chi connectivity index (χ4n) is 2.67. The lowest BCUT2D eigenvalue weighted by atomic mass is 10.2. The van der Waals surface area contributed by atoms with Gasteiger partial charge in [-0.15, -0.1) is 0 Å². The number of hydrogen-bond acceptors (Lipinski definition) is 3. The van der Waals surface area contributed by atoms with Gasteiger partial charge in [-0.3, -0.25) is 15.0 Å². The molecule has 0 radical (unpaired) electrons. The summed E-state index contributed by atoms with van der Waals surface area (Å²) in [5.74, 6) is -0.703. The van der Waals surface area contributed by atoms with Gasteiger partial charge in [0.1, 0.15) is 5.56 Å². The Bertz CT molecular complexity index is 1070. The van der Waals surface area contributed by atoms with Crippen molar-refractivity contribution >= 4 is 23.5 Å². The minimum Gasteiger partial charge on any atom is -0.333 e. The van der Waals surface area contributed by atoms with Crippen molar-refractivity contribution in [3.05, 3.63) is 105 Å². The third kappa shape index (κ3) is 5.70. The Kier molecular flexibility index (Phi) is 6.65. The topological polar surface area (TPSA) is 92.2 Å². The van der Waals surface area contributed by atoms with Gasteiger partial charge in [-0.2, -0.15) is 0 Å². The highest BCUT2D eigenvalue weighted by Crippen LogP contribution is 2.11. The molecule has 0 fully saturated rings. The van der Waals surface area contributed by atoms with Gasteiger partial charge in [-0.25, -0.2) is 10.2 Å². The molecule has 148 valence electrons. The summed E-state index contributed by atoms with van der Waals surface area (Å²) in [4.78, 5) is 36.8. The second-order valence-corrected chi connectivity index (χ2v) is 6.67. The summed E-state index contributed by atoms with van der Waals surface area (Å²) in [6.07, 6.45) is 1.58. The Labute approximate surface area is 172 Å². The third-order valence-corrected chi connectivity index (χ3v) is 4.33. The van der Waals surface area contributed by atoms with E-state index in [2.05, 4.69) is 16.2 Å². The molecule has 0 aliphatic heterocycles. The molecule has 2 aromatic carbocycles.